The molecule has 5 heteroatoms. The highest BCUT2D eigenvalue weighted by Gasteiger charge is 2.42. The fourth-order valence-corrected chi connectivity index (χ4v) is 3.48. The quantitative estimate of drug-likeness (QED) is 0.879. The van der Waals surface area contributed by atoms with Gasteiger partial charge >= 0.3 is 6.03 Å². The molecule has 0 bridgehead atoms. The lowest BCUT2D eigenvalue weighted by atomic mass is 10.1. The van der Waals surface area contributed by atoms with Crippen LogP contribution in [0.25, 0.3) is 5.69 Å². The van der Waals surface area contributed by atoms with Gasteiger partial charge in [0.1, 0.15) is 0 Å². The number of carbonyl (C=O) groups is 1. The highest BCUT2D eigenvalue weighted by molar-refractivity contribution is 5.90. The van der Waals surface area contributed by atoms with Gasteiger partial charge < -0.3 is 10.6 Å². The van der Waals surface area contributed by atoms with Crippen molar-refractivity contribution in [3.63, 3.8) is 0 Å². The maximum Gasteiger partial charge on any atom is 0.319 e. The van der Waals surface area contributed by atoms with Crippen LogP contribution in [0.5, 0.6) is 0 Å². The first-order valence-electron chi connectivity index (χ1n) is 8.82. The van der Waals surface area contributed by atoms with Gasteiger partial charge in [0.05, 0.1) is 22.8 Å². The Morgan fingerprint density at radius 3 is 2.33 bits per heavy atom. The number of urea groups is 1. The number of aryl methyl sites for hydroxylation is 1. The first kappa shape index (κ1) is 15.2. The summed E-state index contributed by atoms with van der Waals surface area (Å²) in [5.41, 5.74) is 3.59. The molecule has 2 amide bonds. The molecule has 5 nitrogen and oxygen atoms in total. The summed E-state index contributed by atoms with van der Waals surface area (Å²) in [5, 5.41) is 10.8. The predicted octanol–water partition coefficient (Wildman–Crippen LogP) is 3.80. The van der Waals surface area contributed by atoms with Gasteiger partial charge in [0.25, 0.3) is 0 Å². The summed E-state index contributed by atoms with van der Waals surface area (Å²) in [6.45, 7) is 3.92. The van der Waals surface area contributed by atoms with Crippen LogP contribution >= 0.6 is 0 Å². The first-order valence-corrected chi connectivity index (χ1v) is 8.82. The summed E-state index contributed by atoms with van der Waals surface area (Å²) >= 11 is 0. The number of nitrogens with zero attached hydrogens (tertiary/aromatic N) is 2. The summed E-state index contributed by atoms with van der Waals surface area (Å²) in [7, 11) is 0. The summed E-state index contributed by atoms with van der Waals surface area (Å²) in [6, 6.07) is 10.2. The number of para-hydroxylation sites is 1. The molecule has 0 atom stereocenters. The number of rotatable bonds is 5. The minimum Gasteiger partial charge on any atom is -0.335 e. The van der Waals surface area contributed by atoms with E-state index in [9.17, 15) is 4.79 Å². The molecule has 2 aromatic rings. The van der Waals surface area contributed by atoms with Crippen molar-refractivity contribution in [1.29, 1.82) is 0 Å². The molecule has 2 fully saturated rings. The van der Waals surface area contributed by atoms with Crippen LogP contribution in [0.4, 0.5) is 10.5 Å². The second-order valence-corrected chi connectivity index (χ2v) is 7.09. The Balaban J connectivity index is 1.50. The molecular formula is C19H24N4O. The summed E-state index contributed by atoms with van der Waals surface area (Å²) in [5.74, 6) is 1.38. The van der Waals surface area contributed by atoms with Crippen molar-refractivity contribution < 1.29 is 4.79 Å². The average molecular weight is 324 g/mol. The molecule has 126 valence electrons. The van der Waals surface area contributed by atoms with Crippen molar-refractivity contribution in [2.24, 2.45) is 11.8 Å². The molecule has 0 spiro atoms. The van der Waals surface area contributed by atoms with Crippen LogP contribution < -0.4 is 10.6 Å². The van der Waals surface area contributed by atoms with E-state index in [-0.39, 0.29) is 6.03 Å². The molecule has 2 saturated carbocycles. The molecule has 1 aromatic heterocycles. The maximum atomic E-state index is 12.5. The lowest BCUT2D eigenvalue weighted by molar-refractivity contribution is 0.245. The summed E-state index contributed by atoms with van der Waals surface area (Å²) in [4.78, 5) is 12.5. The number of hydrogen-bond donors (Lipinski definition) is 2. The molecule has 1 heterocycles. The minimum atomic E-state index is -0.0994. The largest absolute Gasteiger partial charge is 0.335 e. The van der Waals surface area contributed by atoms with Crippen LogP contribution in [0, 0.1) is 25.7 Å². The van der Waals surface area contributed by atoms with Gasteiger partial charge in [0, 0.05) is 6.04 Å². The Morgan fingerprint density at radius 1 is 1.12 bits per heavy atom. The molecule has 1 aromatic carbocycles. The van der Waals surface area contributed by atoms with E-state index in [1.54, 1.807) is 0 Å². The molecule has 2 aliphatic rings. The normalized spacial score (nSPS) is 17.1. The van der Waals surface area contributed by atoms with Crippen molar-refractivity contribution in [3.8, 4) is 5.69 Å². The molecule has 0 saturated heterocycles. The maximum absolute atomic E-state index is 12.5. The van der Waals surface area contributed by atoms with Crippen molar-refractivity contribution in [2.45, 2.75) is 45.6 Å². The van der Waals surface area contributed by atoms with Crippen LogP contribution in [0.1, 0.15) is 37.1 Å². The molecule has 0 aliphatic heterocycles. The predicted molar refractivity (Wildman–Crippen MR) is 94.4 cm³/mol. The van der Waals surface area contributed by atoms with Crippen molar-refractivity contribution in [1.82, 2.24) is 15.1 Å². The number of aromatic nitrogens is 2. The van der Waals surface area contributed by atoms with Gasteiger partial charge in [-0.1, -0.05) is 18.2 Å². The van der Waals surface area contributed by atoms with Gasteiger partial charge in [-0.05, 0) is 63.5 Å². The highest BCUT2D eigenvalue weighted by atomic mass is 16.2. The van der Waals surface area contributed by atoms with Gasteiger partial charge in [-0.25, -0.2) is 9.48 Å². The van der Waals surface area contributed by atoms with Gasteiger partial charge in [0.2, 0.25) is 0 Å². The van der Waals surface area contributed by atoms with Crippen LogP contribution in [0.3, 0.4) is 0 Å². The van der Waals surface area contributed by atoms with Gasteiger partial charge in [-0.2, -0.15) is 5.10 Å². The summed E-state index contributed by atoms with van der Waals surface area (Å²) < 4.78 is 1.88. The van der Waals surface area contributed by atoms with E-state index in [1.165, 1.54) is 25.7 Å². The van der Waals surface area contributed by atoms with E-state index in [0.29, 0.717) is 17.9 Å². The highest BCUT2D eigenvalue weighted by Crippen LogP contribution is 2.44. The monoisotopic (exact) mass is 324 g/mol. The number of hydrogen-bond acceptors (Lipinski definition) is 2. The smallest absolute Gasteiger partial charge is 0.319 e. The van der Waals surface area contributed by atoms with Gasteiger partial charge in [-0.15, -0.1) is 0 Å². The fourth-order valence-electron chi connectivity index (χ4n) is 3.48. The zero-order chi connectivity index (χ0) is 16.7. The van der Waals surface area contributed by atoms with Crippen LogP contribution in [0.2, 0.25) is 0 Å². The minimum absolute atomic E-state index is 0.0994. The van der Waals surface area contributed by atoms with Crippen LogP contribution in [0.15, 0.2) is 30.3 Å². The first-order chi connectivity index (χ1) is 11.6. The second kappa shape index (κ2) is 5.96. The average Bonchev–Trinajstić information content (AvgIpc) is 3.48. The molecule has 0 unspecified atom stereocenters. The summed E-state index contributed by atoms with van der Waals surface area (Å²) in [6.07, 6.45) is 5.02. The SMILES string of the molecule is Cc1nn(-c2ccccc2)c(C)c1NC(=O)NC(C1CC1)C1CC1. The van der Waals surface area contributed by atoms with Crippen molar-refractivity contribution >= 4 is 11.7 Å². The molecule has 4 rings (SSSR count). The Kier molecular flexibility index (Phi) is 3.79. The Morgan fingerprint density at radius 2 is 1.75 bits per heavy atom. The molecule has 2 N–H and O–H groups in total. The lowest BCUT2D eigenvalue weighted by Crippen LogP contribution is -2.40. The number of amides is 2. The Bertz CT molecular complexity index is 732. The van der Waals surface area contributed by atoms with Gasteiger partial charge in [-0.3, -0.25) is 0 Å². The third-order valence-corrected chi connectivity index (χ3v) is 5.09. The fraction of sp³-hybridized carbons (Fsp3) is 0.474. The number of carbonyl (C=O) groups excluding carboxylic acids is 1. The van der Waals surface area contributed by atoms with E-state index in [4.69, 9.17) is 0 Å². The Hall–Kier alpha value is -2.30. The van der Waals surface area contributed by atoms with Crippen molar-refractivity contribution in [3.05, 3.63) is 41.7 Å². The van der Waals surface area contributed by atoms with E-state index in [2.05, 4.69) is 15.7 Å². The zero-order valence-corrected chi connectivity index (χ0v) is 14.2. The number of nitrogens with one attached hydrogen (secondary N) is 2. The second-order valence-electron chi connectivity index (χ2n) is 7.09. The third-order valence-electron chi connectivity index (χ3n) is 5.09. The standard InChI is InChI=1S/C19H24N4O/c1-12-17(13(2)23(22-12)16-6-4-3-5-7-16)20-19(24)21-18(14-8-9-14)15-10-11-15/h3-7,14-15,18H,8-11H2,1-2H3,(H2,20,21,24). The van der Waals surface area contributed by atoms with Gasteiger partial charge in [0.15, 0.2) is 0 Å². The van der Waals surface area contributed by atoms with Crippen LogP contribution in [-0.2, 0) is 0 Å². The van der Waals surface area contributed by atoms with E-state index < -0.39 is 0 Å². The number of benzene rings is 1. The topological polar surface area (TPSA) is 59.0 Å². The molecule has 2 aliphatic carbocycles. The Labute approximate surface area is 142 Å². The van der Waals surface area contributed by atoms with E-state index in [0.717, 1.165) is 22.8 Å². The van der Waals surface area contributed by atoms with E-state index in [1.807, 2.05) is 48.9 Å². The zero-order valence-electron chi connectivity index (χ0n) is 14.2. The third kappa shape index (κ3) is 3.03. The van der Waals surface area contributed by atoms with E-state index >= 15 is 0 Å². The molecule has 24 heavy (non-hydrogen) atoms. The lowest BCUT2D eigenvalue weighted by Gasteiger charge is -2.18. The van der Waals surface area contributed by atoms with Crippen molar-refractivity contribution in [2.75, 3.05) is 5.32 Å². The molecular weight excluding hydrogens is 300 g/mol. The molecule has 0 radical (unpaired) electrons. The number of anilines is 1. The van der Waals surface area contributed by atoms with Crippen LogP contribution in [-0.4, -0.2) is 21.9 Å².